The quantitative estimate of drug-likeness (QED) is 0.849. The lowest BCUT2D eigenvalue weighted by Gasteiger charge is -2.21. The average Bonchev–Trinajstić information content (AvgIpc) is 3.16. The van der Waals surface area contributed by atoms with Crippen LogP contribution in [0.15, 0.2) is 30.3 Å². The van der Waals surface area contributed by atoms with Crippen molar-refractivity contribution < 1.29 is 14.3 Å². The van der Waals surface area contributed by atoms with E-state index in [9.17, 15) is 9.59 Å². The number of rotatable bonds is 5. The second kappa shape index (κ2) is 7.32. The van der Waals surface area contributed by atoms with E-state index < -0.39 is 0 Å². The minimum atomic E-state index is -0.254. The smallest absolute Gasteiger partial charge is 0.228 e. The zero-order chi connectivity index (χ0) is 17.1. The summed E-state index contributed by atoms with van der Waals surface area (Å²) in [5.74, 6) is -0.00131. The molecule has 0 aliphatic carbocycles. The third-order valence-electron chi connectivity index (χ3n) is 5.03. The Bertz CT molecular complexity index is 592. The van der Waals surface area contributed by atoms with Gasteiger partial charge in [0.25, 0.3) is 0 Å². The van der Waals surface area contributed by atoms with Crippen molar-refractivity contribution in [3.05, 3.63) is 35.9 Å². The first-order valence-corrected chi connectivity index (χ1v) is 8.46. The SMILES string of the molecule is COCCN1CC(C(=O)N2C[C@@H](N)[C@H](c3ccccc3)C2)CC1=O. The van der Waals surface area contributed by atoms with Gasteiger partial charge in [-0.2, -0.15) is 0 Å². The molecule has 0 spiro atoms. The molecule has 6 heteroatoms. The van der Waals surface area contributed by atoms with E-state index in [1.165, 1.54) is 5.56 Å². The van der Waals surface area contributed by atoms with Crippen LogP contribution in [0.1, 0.15) is 17.9 Å². The molecule has 2 saturated heterocycles. The maximum Gasteiger partial charge on any atom is 0.228 e. The second-order valence-electron chi connectivity index (χ2n) is 6.66. The third kappa shape index (κ3) is 3.44. The maximum absolute atomic E-state index is 12.8. The molecule has 24 heavy (non-hydrogen) atoms. The van der Waals surface area contributed by atoms with Gasteiger partial charge < -0.3 is 20.3 Å². The third-order valence-corrected chi connectivity index (χ3v) is 5.03. The summed E-state index contributed by atoms with van der Waals surface area (Å²) in [5, 5.41) is 0. The molecule has 130 valence electrons. The number of likely N-dealkylation sites (tertiary alicyclic amines) is 2. The number of hydrogen-bond donors (Lipinski definition) is 1. The van der Waals surface area contributed by atoms with E-state index in [1.54, 1.807) is 12.0 Å². The molecule has 0 aromatic heterocycles. The van der Waals surface area contributed by atoms with Crippen molar-refractivity contribution in [3.63, 3.8) is 0 Å². The van der Waals surface area contributed by atoms with Crippen LogP contribution in [0.5, 0.6) is 0 Å². The molecule has 0 saturated carbocycles. The number of benzene rings is 1. The molecule has 2 aliphatic rings. The number of methoxy groups -OCH3 is 1. The summed E-state index contributed by atoms with van der Waals surface area (Å²) in [7, 11) is 1.61. The number of hydrogen-bond acceptors (Lipinski definition) is 4. The zero-order valence-electron chi connectivity index (χ0n) is 14.1. The summed E-state index contributed by atoms with van der Waals surface area (Å²) in [4.78, 5) is 28.4. The highest BCUT2D eigenvalue weighted by Crippen LogP contribution is 2.29. The number of nitrogens with zero attached hydrogens (tertiary/aromatic N) is 2. The number of carbonyl (C=O) groups excluding carboxylic acids is 2. The molecule has 2 N–H and O–H groups in total. The molecule has 0 radical (unpaired) electrons. The summed E-state index contributed by atoms with van der Waals surface area (Å²) in [6.07, 6.45) is 0.296. The molecule has 0 bridgehead atoms. The lowest BCUT2D eigenvalue weighted by Crippen LogP contribution is -2.37. The number of nitrogens with two attached hydrogens (primary N) is 1. The minimum Gasteiger partial charge on any atom is -0.383 e. The van der Waals surface area contributed by atoms with Gasteiger partial charge in [0.15, 0.2) is 0 Å². The van der Waals surface area contributed by atoms with Gasteiger partial charge in [-0.05, 0) is 5.56 Å². The van der Waals surface area contributed by atoms with E-state index in [4.69, 9.17) is 10.5 Å². The molecular formula is C18H25N3O3. The summed E-state index contributed by atoms with van der Waals surface area (Å²) < 4.78 is 5.02. The van der Waals surface area contributed by atoms with Crippen molar-refractivity contribution in [2.45, 2.75) is 18.4 Å². The van der Waals surface area contributed by atoms with E-state index in [1.807, 2.05) is 23.1 Å². The van der Waals surface area contributed by atoms with Crippen molar-refractivity contribution in [3.8, 4) is 0 Å². The molecular weight excluding hydrogens is 306 g/mol. The van der Waals surface area contributed by atoms with Gasteiger partial charge in [-0.3, -0.25) is 9.59 Å². The Hall–Kier alpha value is -1.92. The molecule has 6 nitrogen and oxygen atoms in total. The van der Waals surface area contributed by atoms with Crippen molar-refractivity contribution in [1.82, 2.24) is 9.80 Å². The first-order chi connectivity index (χ1) is 11.6. The van der Waals surface area contributed by atoms with Crippen LogP contribution in [0.2, 0.25) is 0 Å². The Labute approximate surface area is 142 Å². The minimum absolute atomic E-state index is 0.0357. The monoisotopic (exact) mass is 331 g/mol. The Morgan fingerprint density at radius 2 is 2.00 bits per heavy atom. The number of ether oxygens (including phenoxy) is 1. The molecule has 2 fully saturated rings. The molecule has 2 heterocycles. The highest BCUT2D eigenvalue weighted by Gasteiger charge is 2.40. The molecule has 2 aliphatic heterocycles. The van der Waals surface area contributed by atoms with Gasteiger partial charge in [0.1, 0.15) is 0 Å². The van der Waals surface area contributed by atoms with Gasteiger partial charge in [-0.15, -0.1) is 0 Å². The van der Waals surface area contributed by atoms with E-state index in [-0.39, 0.29) is 29.7 Å². The van der Waals surface area contributed by atoms with Crippen LogP contribution in [-0.2, 0) is 14.3 Å². The molecule has 1 aromatic carbocycles. The molecule has 3 atom stereocenters. The average molecular weight is 331 g/mol. The summed E-state index contributed by atoms with van der Waals surface area (Å²) in [6, 6.07) is 10.0. The van der Waals surface area contributed by atoms with Gasteiger partial charge in [0, 0.05) is 51.7 Å². The van der Waals surface area contributed by atoms with Crippen molar-refractivity contribution >= 4 is 11.8 Å². The van der Waals surface area contributed by atoms with E-state index in [0.717, 1.165) is 0 Å². The largest absolute Gasteiger partial charge is 0.383 e. The predicted molar refractivity (Wildman–Crippen MR) is 90.3 cm³/mol. The number of amides is 2. The summed E-state index contributed by atoms with van der Waals surface area (Å²) in [6.45, 7) is 2.72. The van der Waals surface area contributed by atoms with Gasteiger partial charge in [-0.25, -0.2) is 0 Å². The van der Waals surface area contributed by atoms with Crippen LogP contribution in [-0.4, -0.2) is 67.6 Å². The van der Waals surface area contributed by atoms with Gasteiger partial charge >= 0.3 is 0 Å². The highest BCUT2D eigenvalue weighted by molar-refractivity contribution is 5.89. The first kappa shape index (κ1) is 16.9. The van der Waals surface area contributed by atoms with Crippen LogP contribution in [0.25, 0.3) is 0 Å². The van der Waals surface area contributed by atoms with Gasteiger partial charge in [0.05, 0.1) is 12.5 Å². The maximum atomic E-state index is 12.8. The predicted octanol–water partition coefficient (Wildman–Crippen LogP) is 0.435. The van der Waals surface area contributed by atoms with Gasteiger partial charge in [0.2, 0.25) is 11.8 Å². The topological polar surface area (TPSA) is 75.9 Å². The fraction of sp³-hybridized carbons (Fsp3) is 0.556. The van der Waals surface area contributed by atoms with Crippen LogP contribution in [0.4, 0.5) is 0 Å². The van der Waals surface area contributed by atoms with Gasteiger partial charge in [-0.1, -0.05) is 30.3 Å². The second-order valence-corrected chi connectivity index (χ2v) is 6.66. The Morgan fingerprint density at radius 1 is 1.25 bits per heavy atom. The lowest BCUT2D eigenvalue weighted by molar-refractivity contribution is -0.134. The fourth-order valence-electron chi connectivity index (χ4n) is 3.68. The Balaban J connectivity index is 1.61. The summed E-state index contributed by atoms with van der Waals surface area (Å²) in [5.41, 5.74) is 7.44. The molecule has 2 amide bonds. The van der Waals surface area contributed by atoms with E-state index >= 15 is 0 Å². The first-order valence-electron chi connectivity index (χ1n) is 8.46. The lowest BCUT2D eigenvalue weighted by atomic mass is 9.95. The normalized spacial score (nSPS) is 27.1. The Morgan fingerprint density at radius 3 is 2.71 bits per heavy atom. The zero-order valence-corrected chi connectivity index (χ0v) is 14.1. The molecule has 1 aromatic rings. The standard InChI is InChI=1S/C18H25N3O3/c1-24-8-7-20-10-14(9-17(20)22)18(23)21-11-15(16(19)12-21)13-5-3-2-4-6-13/h2-6,14-16H,7-12,19H2,1H3/t14?,15-,16+/m0/s1. The van der Waals surface area contributed by atoms with E-state index in [0.29, 0.717) is 39.2 Å². The fourth-order valence-corrected chi connectivity index (χ4v) is 3.68. The van der Waals surface area contributed by atoms with Crippen molar-refractivity contribution in [2.75, 3.05) is 39.9 Å². The molecule has 3 rings (SSSR count). The van der Waals surface area contributed by atoms with Crippen LogP contribution < -0.4 is 5.73 Å². The van der Waals surface area contributed by atoms with Crippen molar-refractivity contribution in [1.29, 1.82) is 0 Å². The van der Waals surface area contributed by atoms with E-state index in [2.05, 4.69) is 12.1 Å². The molecule has 1 unspecified atom stereocenters. The summed E-state index contributed by atoms with van der Waals surface area (Å²) >= 11 is 0. The highest BCUT2D eigenvalue weighted by atomic mass is 16.5. The van der Waals surface area contributed by atoms with Crippen LogP contribution in [0.3, 0.4) is 0 Å². The van der Waals surface area contributed by atoms with Crippen LogP contribution >= 0.6 is 0 Å². The Kier molecular flexibility index (Phi) is 5.16. The number of carbonyl (C=O) groups is 2. The van der Waals surface area contributed by atoms with Crippen LogP contribution in [0, 0.1) is 5.92 Å². The van der Waals surface area contributed by atoms with Crippen molar-refractivity contribution in [2.24, 2.45) is 11.7 Å².